The highest BCUT2D eigenvalue weighted by atomic mass is 16.2. The second kappa shape index (κ2) is 7.77. The molecule has 3 rings (SSSR count). The summed E-state index contributed by atoms with van der Waals surface area (Å²) in [5.41, 5.74) is 0.296. The Morgan fingerprint density at radius 1 is 1.15 bits per heavy atom. The molecule has 26 heavy (non-hydrogen) atoms. The van der Waals surface area contributed by atoms with E-state index >= 15 is 0 Å². The SMILES string of the molecule is C[C@H](C(=O)NCCCn1ccccc1=O)n1cnc2ccccc2c1=O. The highest BCUT2D eigenvalue weighted by molar-refractivity contribution is 5.81. The van der Waals surface area contributed by atoms with Crippen molar-refractivity contribution in [2.45, 2.75) is 25.9 Å². The topological polar surface area (TPSA) is 86.0 Å². The van der Waals surface area contributed by atoms with E-state index < -0.39 is 6.04 Å². The number of para-hydroxylation sites is 1. The van der Waals surface area contributed by atoms with Gasteiger partial charge >= 0.3 is 0 Å². The minimum atomic E-state index is -0.668. The molecule has 0 unspecified atom stereocenters. The Morgan fingerprint density at radius 3 is 2.73 bits per heavy atom. The zero-order valence-electron chi connectivity index (χ0n) is 14.5. The van der Waals surface area contributed by atoms with Gasteiger partial charge in [-0.05, 0) is 31.5 Å². The van der Waals surface area contributed by atoms with E-state index in [0.717, 1.165) is 0 Å². The summed E-state index contributed by atoms with van der Waals surface area (Å²) in [7, 11) is 0. The van der Waals surface area contributed by atoms with Crippen LogP contribution in [-0.4, -0.2) is 26.6 Å². The van der Waals surface area contributed by atoms with Gasteiger partial charge in [0.1, 0.15) is 6.04 Å². The molecular formula is C19H20N4O3. The molecule has 0 aliphatic carbocycles. The van der Waals surface area contributed by atoms with Crippen LogP contribution in [0.3, 0.4) is 0 Å². The molecule has 1 aromatic carbocycles. The molecule has 2 aromatic heterocycles. The van der Waals surface area contributed by atoms with E-state index in [9.17, 15) is 14.4 Å². The predicted molar refractivity (Wildman–Crippen MR) is 99.0 cm³/mol. The number of nitrogens with one attached hydrogen (secondary N) is 1. The van der Waals surface area contributed by atoms with Crippen LogP contribution in [0.25, 0.3) is 10.9 Å². The Balaban J connectivity index is 1.61. The van der Waals surface area contributed by atoms with Crippen molar-refractivity contribution < 1.29 is 4.79 Å². The van der Waals surface area contributed by atoms with Gasteiger partial charge in [0.25, 0.3) is 5.56 Å². The van der Waals surface area contributed by atoms with Gasteiger partial charge in [0.05, 0.1) is 17.2 Å². The Labute approximate surface area is 149 Å². The van der Waals surface area contributed by atoms with E-state index in [4.69, 9.17) is 0 Å². The summed E-state index contributed by atoms with van der Waals surface area (Å²) >= 11 is 0. The molecule has 0 radical (unpaired) electrons. The molecule has 1 atom stereocenters. The number of fused-ring (bicyclic) bond motifs is 1. The Hall–Kier alpha value is -3.22. The van der Waals surface area contributed by atoms with Crippen LogP contribution >= 0.6 is 0 Å². The van der Waals surface area contributed by atoms with Gasteiger partial charge < -0.3 is 9.88 Å². The molecule has 134 valence electrons. The van der Waals surface area contributed by atoms with Gasteiger partial charge in [0, 0.05) is 25.4 Å². The molecule has 7 nitrogen and oxygen atoms in total. The first-order chi connectivity index (χ1) is 12.6. The third kappa shape index (κ3) is 3.72. The molecule has 1 amide bonds. The van der Waals surface area contributed by atoms with Gasteiger partial charge in [-0.3, -0.25) is 19.0 Å². The lowest BCUT2D eigenvalue weighted by molar-refractivity contribution is -0.123. The van der Waals surface area contributed by atoms with E-state index in [0.29, 0.717) is 30.4 Å². The van der Waals surface area contributed by atoms with Gasteiger partial charge in [0.2, 0.25) is 11.5 Å². The van der Waals surface area contributed by atoms with Crippen LogP contribution in [0.15, 0.2) is 64.6 Å². The van der Waals surface area contributed by atoms with Crippen molar-refractivity contribution in [2.75, 3.05) is 6.54 Å². The van der Waals surface area contributed by atoms with Crippen molar-refractivity contribution in [1.82, 2.24) is 19.4 Å². The fourth-order valence-corrected chi connectivity index (χ4v) is 2.74. The molecular weight excluding hydrogens is 332 g/mol. The molecule has 2 heterocycles. The fourth-order valence-electron chi connectivity index (χ4n) is 2.74. The Kier molecular flexibility index (Phi) is 5.26. The molecule has 0 aliphatic rings. The van der Waals surface area contributed by atoms with Gasteiger partial charge in [-0.15, -0.1) is 0 Å². The minimum absolute atomic E-state index is 0.0685. The van der Waals surface area contributed by atoms with Gasteiger partial charge in [-0.25, -0.2) is 4.98 Å². The zero-order chi connectivity index (χ0) is 18.5. The third-order valence-corrected chi connectivity index (χ3v) is 4.26. The number of nitrogens with zero attached hydrogens (tertiary/aromatic N) is 3. The molecule has 0 fully saturated rings. The van der Waals surface area contributed by atoms with E-state index in [1.807, 2.05) is 6.07 Å². The summed E-state index contributed by atoms with van der Waals surface area (Å²) < 4.78 is 2.92. The maximum atomic E-state index is 12.5. The molecule has 7 heteroatoms. The van der Waals surface area contributed by atoms with Crippen LogP contribution in [0.4, 0.5) is 0 Å². The molecule has 0 saturated heterocycles. The summed E-state index contributed by atoms with van der Waals surface area (Å²) in [6.45, 7) is 2.60. The first-order valence-electron chi connectivity index (χ1n) is 8.47. The first-order valence-corrected chi connectivity index (χ1v) is 8.47. The summed E-state index contributed by atoms with van der Waals surface area (Å²) in [5.74, 6) is -0.260. The van der Waals surface area contributed by atoms with Gasteiger partial charge in [-0.2, -0.15) is 0 Å². The van der Waals surface area contributed by atoms with Crippen molar-refractivity contribution in [3.63, 3.8) is 0 Å². The van der Waals surface area contributed by atoms with Crippen LogP contribution in [0.1, 0.15) is 19.4 Å². The minimum Gasteiger partial charge on any atom is -0.354 e. The molecule has 3 aromatic rings. The lowest BCUT2D eigenvalue weighted by Gasteiger charge is -2.15. The smallest absolute Gasteiger partial charge is 0.261 e. The Morgan fingerprint density at radius 2 is 1.92 bits per heavy atom. The number of benzene rings is 1. The summed E-state index contributed by atoms with van der Waals surface area (Å²) in [5, 5.41) is 3.29. The number of carbonyl (C=O) groups excluding carboxylic acids is 1. The van der Waals surface area contributed by atoms with Gasteiger partial charge in [0.15, 0.2) is 0 Å². The monoisotopic (exact) mass is 352 g/mol. The second-order valence-electron chi connectivity index (χ2n) is 6.03. The van der Waals surface area contributed by atoms with E-state index in [1.165, 1.54) is 17.0 Å². The van der Waals surface area contributed by atoms with Gasteiger partial charge in [-0.1, -0.05) is 18.2 Å². The second-order valence-corrected chi connectivity index (χ2v) is 6.03. The van der Waals surface area contributed by atoms with Crippen LogP contribution in [0.5, 0.6) is 0 Å². The maximum Gasteiger partial charge on any atom is 0.261 e. The van der Waals surface area contributed by atoms with Crippen LogP contribution < -0.4 is 16.4 Å². The molecule has 0 spiro atoms. The van der Waals surface area contributed by atoms with Crippen molar-refractivity contribution in [2.24, 2.45) is 0 Å². The molecule has 1 N–H and O–H groups in total. The van der Waals surface area contributed by atoms with Crippen molar-refractivity contribution in [3.8, 4) is 0 Å². The number of aromatic nitrogens is 3. The molecule has 0 bridgehead atoms. The number of amides is 1. The normalized spacial score (nSPS) is 12.0. The van der Waals surface area contributed by atoms with E-state index in [2.05, 4.69) is 10.3 Å². The van der Waals surface area contributed by atoms with Crippen molar-refractivity contribution in [1.29, 1.82) is 0 Å². The average molecular weight is 352 g/mol. The summed E-state index contributed by atoms with van der Waals surface area (Å²) in [4.78, 5) is 40.7. The average Bonchev–Trinajstić information content (AvgIpc) is 2.66. The number of pyridine rings is 1. The first kappa shape index (κ1) is 17.6. The number of carbonyl (C=O) groups is 1. The highest BCUT2D eigenvalue weighted by Crippen LogP contribution is 2.08. The van der Waals surface area contributed by atoms with Crippen molar-refractivity contribution in [3.05, 3.63) is 75.7 Å². The summed E-state index contributed by atoms with van der Waals surface area (Å²) in [6, 6.07) is 11.4. The van der Waals surface area contributed by atoms with Crippen LogP contribution in [0.2, 0.25) is 0 Å². The third-order valence-electron chi connectivity index (χ3n) is 4.26. The summed E-state index contributed by atoms with van der Waals surface area (Å²) in [6.07, 6.45) is 3.73. The van der Waals surface area contributed by atoms with Crippen molar-refractivity contribution >= 4 is 16.8 Å². The predicted octanol–water partition coefficient (Wildman–Crippen LogP) is 1.33. The number of hydrogen-bond acceptors (Lipinski definition) is 4. The highest BCUT2D eigenvalue weighted by Gasteiger charge is 2.17. The standard InChI is InChI=1S/C19H20N4O3/c1-14(23-13-21-16-8-3-2-7-15(16)19(23)26)18(25)20-10-6-12-22-11-5-4-9-17(22)24/h2-5,7-9,11,13-14H,6,10,12H2,1H3,(H,20,25)/t14-/m1/s1. The lowest BCUT2D eigenvalue weighted by atomic mass is 10.2. The Bertz CT molecular complexity index is 1040. The molecule has 0 aliphatic heterocycles. The van der Waals surface area contributed by atoms with E-state index in [1.54, 1.807) is 48.0 Å². The fraction of sp³-hybridized carbons (Fsp3) is 0.263. The lowest BCUT2D eigenvalue weighted by Crippen LogP contribution is -2.36. The quantitative estimate of drug-likeness (QED) is 0.678. The zero-order valence-corrected chi connectivity index (χ0v) is 14.5. The number of rotatable bonds is 6. The van der Waals surface area contributed by atoms with Crippen LogP contribution in [-0.2, 0) is 11.3 Å². The maximum absolute atomic E-state index is 12.5. The number of aryl methyl sites for hydroxylation is 1. The molecule has 0 saturated carbocycles. The number of hydrogen-bond donors (Lipinski definition) is 1. The van der Waals surface area contributed by atoms with E-state index in [-0.39, 0.29) is 17.0 Å². The van der Waals surface area contributed by atoms with Crippen LogP contribution in [0, 0.1) is 0 Å². The largest absolute Gasteiger partial charge is 0.354 e.